The highest BCUT2D eigenvalue weighted by Crippen LogP contribution is 2.32. The molecule has 0 aromatic heterocycles. The van der Waals surface area contributed by atoms with Crippen molar-refractivity contribution < 1.29 is 30.7 Å². The predicted octanol–water partition coefficient (Wildman–Crippen LogP) is 1.68. The molecule has 0 unspecified atom stereocenters. The first-order valence-corrected chi connectivity index (χ1v) is 9.23. The van der Waals surface area contributed by atoms with E-state index in [1.54, 1.807) is 6.92 Å². The number of rotatable bonds is 4. The zero-order valence-corrected chi connectivity index (χ0v) is 13.5. The molecule has 1 amide bonds. The minimum Gasteiger partial charge on any atom is -0.325 e. The quantitative estimate of drug-likeness (QED) is 0.706. The average molecular weight is 359 g/mol. The average Bonchev–Trinajstić information content (AvgIpc) is 2.44. The minimum atomic E-state index is -4.80. The third kappa shape index (κ3) is 3.67. The molecular weight excluding hydrogens is 346 g/mol. The van der Waals surface area contributed by atoms with Gasteiger partial charge in [-0.3, -0.25) is 13.9 Å². The van der Waals surface area contributed by atoms with Crippen LogP contribution in [0.4, 0.5) is 5.69 Å². The monoisotopic (exact) mass is 359 g/mol. The fourth-order valence-electron chi connectivity index (χ4n) is 2.06. The van der Waals surface area contributed by atoms with Crippen LogP contribution in [0.3, 0.4) is 0 Å². The highest BCUT2D eigenvalue weighted by Gasteiger charge is 2.22. The smallest absolute Gasteiger partial charge is 0.295 e. The summed E-state index contributed by atoms with van der Waals surface area (Å²) < 4.78 is 64.2. The lowest BCUT2D eigenvalue weighted by Gasteiger charge is -2.12. The molecule has 3 N–H and O–H groups in total. The highest BCUT2D eigenvalue weighted by atomic mass is 32.2. The summed E-state index contributed by atoms with van der Waals surface area (Å²) in [5.74, 6) is -0.391. The molecule has 0 aliphatic heterocycles. The summed E-state index contributed by atoms with van der Waals surface area (Å²) in [7, 11) is -9.48. The SMILES string of the molecule is CCC(=O)Nc1cccc2cc(S(=O)(=O)O)cc(S(=O)(=O)O)c12. The van der Waals surface area contributed by atoms with Crippen molar-refractivity contribution in [3.63, 3.8) is 0 Å². The number of nitrogens with one attached hydrogen (secondary N) is 1. The van der Waals surface area contributed by atoms with Gasteiger partial charge in [0.1, 0.15) is 4.90 Å². The summed E-state index contributed by atoms with van der Waals surface area (Å²) in [5, 5.41) is 2.54. The number of anilines is 1. The number of carbonyl (C=O) groups is 1. The molecule has 2 rings (SSSR count). The summed E-state index contributed by atoms with van der Waals surface area (Å²) in [4.78, 5) is 10.1. The molecule has 2 aromatic carbocycles. The molecule has 0 aliphatic rings. The predicted molar refractivity (Wildman–Crippen MR) is 82.5 cm³/mol. The van der Waals surface area contributed by atoms with Gasteiger partial charge in [0.25, 0.3) is 20.2 Å². The van der Waals surface area contributed by atoms with Crippen LogP contribution in [-0.4, -0.2) is 31.8 Å². The van der Waals surface area contributed by atoms with Crippen molar-refractivity contribution >= 4 is 42.6 Å². The first kappa shape index (κ1) is 17.3. The molecule has 0 bridgehead atoms. The van der Waals surface area contributed by atoms with Crippen LogP contribution >= 0.6 is 0 Å². The lowest BCUT2D eigenvalue weighted by atomic mass is 10.1. The Morgan fingerprint density at radius 2 is 1.74 bits per heavy atom. The molecule has 0 spiro atoms. The largest absolute Gasteiger partial charge is 0.325 e. The third-order valence-electron chi connectivity index (χ3n) is 3.09. The summed E-state index contributed by atoms with van der Waals surface area (Å²) in [6.45, 7) is 1.60. The molecule has 0 saturated carbocycles. The van der Waals surface area contributed by atoms with Gasteiger partial charge in [-0.05, 0) is 23.6 Å². The zero-order valence-electron chi connectivity index (χ0n) is 11.8. The van der Waals surface area contributed by atoms with Crippen LogP contribution in [0.1, 0.15) is 13.3 Å². The Labute approximate surface area is 132 Å². The first-order chi connectivity index (χ1) is 10.5. The van der Waals surface area contributed by atoms with E-state index in [0.717, 1.165) is 6.07 Å². The summed E-state index contributed by atoms with van der Waals surface area (Å²) in [5.41, 5.74) is 0.101. The van der Waals surface area contributed by atoms with E-state index in [4.69, 9.17) is 4.55 Å². The van der Waals surface area contributed by atoms with Crippen LogP contribution in [0, 0.1) is 0 Å². The number of fused-ring (bicyclic) bond motifs is 1. The number of hydrogen-bond donors (Lipinski definition) is 3. The Hall–Kier alpha value is -2.01. The van der Waals surface area contributed by atoms with Gasteiger partial charge in [0.15, 0.2) is 0 Å². The fourth-order valence-corrected chi connectivity index (χ4v) is 3.44. The normalized spacial score (nSPS) is 12.3. The number of carbonyl (C=O) groups excluding carboxylic acids is 1. The van der Waals surface area contributed by atoms with Crippen molar-refractivity contribution in [1.82, 2.24) is 0 Å². The minimum absolute atomic E-state index is 0.0517. The van der Waals surface area contributed by atoms with Crippen LogP contribution in [0.25, 0.3) is 10.8 Å². The third-order valence-corrected chi connectivity index (χ3v) is 4.79. The van der Waals surface area contributed by atoms with E-state index in [1.807, 2.05) is 0 Å². The Morgan fingerprint density at radius 1 is 1.09 bits per heavy atom. The molecule has 8 nitrogen and oxygen atoms in total. The van der Waals surface area contributed by atoms with Crippen molar-refractivity contribution in [1.29, 1.82) is 0 Å². The van der Waals surface area contributed by atoms with Crippen LogP contribution in [0.2, 0.25) is 0 Å². The van der Waals surface area contributed by atoms with Crippen molar-refractivity contribution in [3.05, 3.63) is 30.3 Å². The van der Waals surface area contributed by atoms with Crippen LogP contribution in [-0.2, 0) is 25.0 Å². The van der Waals surface area contributed by atoms with Gasteiger partial charge < -0.3 is 5.32 Å². The maximum atomic E-state index is 11.6. The Bertz CT molecular complexity index is 994. The number of benzene rings is 2. The van der Waals surface area contributed by atoms with E-state index >= 15 is 0 Å². The fraction of sp³-hybridized carbons (Fsp3) is 0.154. The van der Waals surface area contributed by atoms with Crippen molar-refractivity contribution in [3.8, 4) is 0 Å². The Kier molecular flexibility index (Phi) is 4.44. The second-order valence-electron chi connectivity index (χ2n) is 4.68. The van der Waals surface area contributed by atoms with Crippen LogP contribution in [0.5, 0.6) is 0 Å². The molecule has 0 atom stereocenters. The molecule has 0 aliphatic carbocycles. The van der Waals surface area contributed by atoms with Crippen LogP contribution in [0.15, 0.2) is 40.1 Å². The van der Waals surface area contributed by atoms with Gasteiger partial charge in [-0.1, -0.05) is 19.1 Å². The van der Waals surface area contributed by atoms with E-state index in [2.05, 4.69) is 5.32 Å². The highest BCUT2D eigenvalue weighted by molar-refractivity contribution is 7.86. The van der Waals surface area contributed by atoms with E-state index in [0.29, 0.717) is 6.07 Å². The van der Waals surface area contributed by atoms with Crippen molar-refractivity contribution in [2.45, 2.75) is 23.1 Å². The molecule has 0 heterocycles. The first-order valence-electron chi connectivity index (χ1n) is 6.35. The van der Waals surface area contributed by atoms with Crippen molar-refractivity contribution in [2.24, 2.45) is 0 Å². The van der Waals surface area contributed by atoms with Gasteiger partial charge in [-0.15, -0.1) is 0 Å². The lowest BCUT2D eigenvalue weighted by molar-refractivity contribution is -0.115. The molecule has 23 heavy (non-hydrogen) atoms. The molecule has 10 heteroatoms. The molecular formula is C13H13NO7S2. The standard InChI is InChI=1S/C13H13NO7S2/c1-2-12(15)14-10-5-3-4-8-6-9(22(16,17)18)7-11(13(8)10)23(19,20)21/h3-7H,2H2,1H3,(H,14,15)(H,16,17,18)(H,19,20,21). The van der Waals surface area contributed by atoms with E-state index in [-0.39, 0.29) is 22.9 Å². The van der Waals surface area contributed by atoms with Gasteiger partial charge in [-0.25, -0.2) is 0 Å². The van der Waals surface area contributed by atoms with Crippen molar-refractivity contribution in [2.75, 3.05) is 5.32 Å². The molecule has 0 radical (unpaired) electrons. The van der Waals surface area contributed by atoms with Gasteiger partial charge in [0.05, 0.1) is 4.90 Å². The van der Waals surface area contributed by atoms with E-state index in [9.17, 15) is 26.2 Å². The van der Waals surface area contributed by atoms with Gasteiger partial charge in [0.2, 0.25) is 5.91 Å². The summed E-state index contributed by atoms with van der Waals surface area (Å²) >= 11 is 0. The second-order valence-corrected chi connectivity index (χ2v) is 7.49. The van der Waals surface area contributed by atoms with Crippen LogP contribution < -0.4 is 5.32 Å². The van der Waals surface area contributed by atoms with Gasteiger partial charge in [-0.2, -0.15) is 16.8 Å². The second kappa shape index (κ2) is 5.89. The maximum Gasteiger partial charge on any atom is 0.295 e. The summed E-state index contributed by atoms with van der Waals surface area (Å²) in [6.07, 6.45) is 0.140. The molecule has 0 fully saturated rings. The van der Waals surface area contributed by atoms with Gasteiger partial charge in [0, 0.05) is 17.5 Å². The van der Waals surface area contributed by atoms with E-state index in [1.165, 1.54) is 18.2 Å². The topological polar surface area (TPSA) is 138 Å². The molecule has 2 aromatic rings. The lowest BCUT2D eigenvalue weighted by Crippen LogP contribution is -2.11. The van der Waals surface area contributed by atoms with E-state index < -0.39 is 35.9 Å². The molecule has 124 valence electrons. The number of amides is 1. The maximum absolute atomic E-state index is 11.6. The summed E-state index contributed by atoms with van der Waals surface area (Å²) in [6, 6.07) is 5.95. The Balaban J connectivity index is 2.92. The van der Waals surface area contributed by atoms with Gasteiger partial charge >= 0.3 is 0 Å². The number of hydrogen-bond acceptors (Lipinski definition) is 5. The molecule has 0 saturated heterocycles. The Morgan fingerprint density at radius 3 is 2.26 bits per heavy atom. The zero-order chi connectivity index (χ0) is 17.4.